The number of hydrogen-bond acceptors (Lipinski definition) is 2. The van der Waals surface area contributed by atoms with Crippen LogP contribution >= 0.6 is 27.3 Å². The molecular formula is C12H10BrF2NS. The van der Waals surface area contributed by atoms with Crippen molar-refractivity contribution < 1.29 is 8.78 Å². The van der Waals surface area contributed by atoms with Crippen LogP contribution in [0.2, 0.25) is 0 Å². The third-order valence-electron chi connectivity index (χ3n) is 2.56. The van der Waals surface area contributed by atoms with Crippen LogP contribution < -0.4 is 5.73 Å². The number of rotatable bonds is 2. The third kappa shape index (κ3) is 2.56. The van der Waals surface area contributed by atoms with Gasteiger partial charge in [0.1, 0.15) is 11.6 Å². The van der Waals surface area contributed by atoms with E-state index in [0.717, 1.165) is 9.35 Å². The van der Waals surface area contributed by atoms with Gasteiger partial charge >= 0.3 is 0 Å². The minimum atomic E-state index is -0.646. The summed E-state index contributed by atoms with van der Waals surface area (Å²) in [7, 11) is 0. The number of nitrogens with two attached hydrogens (primary N) is 1. The smallest absolute Gasteiger partial charge is 0.128 e. The van der Waals surface area contributed by atoms with E-state index in [0.29, 0.717) is 0 Å². The van der Waals surface area contributed by atoms with E-state index < -0.39 is 17.7 Å². The summed E-state index contributed by atoms with van der Waals surface area (Å²) in [6.45, 7) is 1.52. The molecule has 1 unspecified atom stereocenters. The monoisotopic (exact) mass is 317 g/mol. The van der Waals surface area contributed by atoms with Gasteiger partial charge in [-0.2, -0.15) is 0 Å². The molecule has 0 saturated heterocycles. The van der Waals surface area contributed by atoms with E-state index in [2.05, 4.69) is 15.9 Å². The minimum Gasteiger partial charge on any atom is -0.320 e. The molecule has 0 amide bonds. The molecule has 1 aromatic heterocycles. The highest BCUT2D eigenvalue weighted by atomic mass is 79.9. The molecule has 1 heterocycles. The van der Waals surface area contributed by atoms with E-state index in [1.54, 1.807) is 0 Å². The van der Waals surface area contributed by atoms with Gasteiger partial charge in [0, 0.05) is 5.56 Å². The maximum absolute atomic E-state index is 13.7. The number of thiophene rings is 1. The molecule has 0 bridgehead atoms. The average molecular weight is 318 g/mol. The molecular weight excluding hydrogens is 308 g/mol. The summed E-state index contributed by atoms with van der Waals surface area (Å²) in [5.41, 5.74) is 7.16. The van der Waals surface area contributed by atoms with Crippen LogP contribution in [0, 0.1) is 18.6 Å². The normalized spacial score (nSPS) is 12.8. The Bertz CT molecular complexity index is 553. The summed E-state index contributed by atoms with van der Waals surface area (Å²) in [4.78, 5) is 0. The van der Waals surface area contributed by atoms with Crippen molar-refractivity contribution >= 4 is 27.3 Å². The van der Waals surface area contributed by atoms with E-state index in [1.165, 1.54) is 30.4 Å². The summed E-state index contributed by atoms with van der Waals surface area (Å²) in [6.07, 6.45) is 0. The Morgan fingerprint density at radius 3 is 2.53 bits per heavy atom. The molecule has 1 nitrogen and oxygen atoms in total. The van der Waals surface area contributed by atoms with E-state index >= 15 is 0 Å². The Morgan fingerprint density at radius 2 is 1.94 bits per heavy atom. The molecule has 0 aliphatic heterocycles. The van der Waals surface area contributed by atoms with Crippen LogP contribution in [-0.4, -0.2) is 0 Å². The van der Waals surface area contributed by atoms with Crippen LogP contribution in [0.1, 0.15) is 22.7 Å². The lowest BCUT2D eigenvalue weighted by Gasteiger charge is -2.12. The zero-order valence-electron chi connectivity index (χ0n) is 9.01. The number of benzene rings is 1. The van der Waals surface area contributed by atoms with Crippen molar-refractivity contribution in [3.05, 3.63) is 55.7 Å². The topological polar surface area (TPSA) is 26.0 Å². The highest BCUT2D eigenvalue weighted by molar-refractivity contribution is 9.11. The van der Waals surface area contributed by atoms with Gasteiger partial charge in [0.2, 0.25) is 0 Å². The molecule has 90 valence electrons. The van der Waals surface area contributed by atoms with Crippen LogP contribution in [0.5, 0.6) is 0 Å². The van der Waals surface area contributed by atoms with E-state index in [-0.39, 0.29) is 11.1 Å². The van der Waals surface area contributed by atoms with Gasteiger partial charge in [-0.25, -0.2) is 8.78 Å². The molecule has 0 radical (unpaired) electrons. The zero-order chi connectivity index (χ0) is 12.6. The van der Waals surface area contributed by atoms with Crippen molar-refractivity contribution in [1.82, 2.24) is 0 Å². The molecule has 2 rings (SSSR count). The van der Waals surface area contributed by atoms with E-state index in [4.69, 9.17) is 5.73 Å². The molecule has 0 aliphatic carbocycles. The van der Waals surface area contributed by atoms with Crippen molar-refractivity contribution in [3.63, 3.8) is 0 Å². The van der Waals surface area contributed by atoms with Gasteiger partial charge in [-0.15, -0.1) is 11.3 Å². The Labute approximate surface area is 110 Å². The second-order valence-electron chi connectivity index (χ2n) is 3.78. The first-order chi connectivity index (χ1) is 7.99. The third-order valence-corrected chi connectivity index (χ3v) is 4.08. The summed E-state index contributed by atoms with van der Waals surface area (Å²) in [5, 5.41) is 1.83. The second-order valence-corrected chi connectivity index (χ2v) is 6.08. The first-order valence-corrected chi connectivity index (χ1v) is 6.61. The average Bonchev–Trinajstić information content (AvgIpc) is 2.69. The van der Waals surface area contributed by atoms with Crippen LogP contribution in [0.15, 0.2) is 27.4 Å². The molecule has 2 N–H and O–H groups in total. The standard InChI is InChI=1S/C12H10BrF2NS/c1-6-2-10(15)8(4-9(6)14)12(16)7-3-11(13)17-5-7/h2-5,12H,16H2,1H3. The minimum absolute atomic E-state index is 0.179. The Kier molecular flexibility index (Phi) is 3.61. The summed E-state index contributed by atoms with van der Waals surface area (Å²) in [5.74, 6) is -0.912. The summed E-state index contributed by atoms with van der Waals surface area (Å²) >= 11 is 4.77. The van der Waals surface area contributed by atoms with E-state index in [9.17, 15) is 8.78 Å². The molecule has 0 saturated carbocycles. The fourth-order valence-corrected chi connectivity index (χ4v) is 2.78. The van der Waals surface area contributed by atoms with Gasteiger partial charge in [0.15, 0.2) is 0 Å². The molecule has 1 aromatic carbocycles. The van der Waals surface area contributed by atoms with Crippen molar-refractivity contribution in [2.45, 2.75) is 13.0 Å². The molecule has 0 spiro atoms. The molecule has 5 heteroatoms. The fraction of sp³-hybridized carbons (Fsp3) is 0.167. The maximum Gasteiger partial charge on any atom is 0.128 e. The number of hydrogen-bond donors (Lipinski definition) is 1. The van der Waals surface area contributed by atoms with Crippen molar-refractivity contribution in [1.29, 1.82) is 0 Å². The highest BCUT2D eigenvalue weighted by Crippen LogP contribution is 2.29. The van der Waals surface area contributed by atoms with Gasteiger partial charge in [-0.3, -0.25) is 0 Å². The lowest BCUT2D eigenvalue weighted by atomic mass is 10.00. The molecule has 0 fully saturated rings. The first-order valence-electron chi connectivity index (χ1n) is 4.94. The van der Waals surface area contributed by atoms with Crippen LogP contribution in [0.4, 0.5) is 8.78 Å². The zero-order valence-corrected chi connectivity index (χ0v) is 11.4. The number of halogens is 3. The predicted octanol–water partition coefficient (Wildman–Crippen LogP) is 4.15. The van der Waals surface area contributed by atoms with Gasteiger partial charge in [-0.05, 0) is 57.6 Å². The van der Waals surface area contributed by atoms with Crippen molar-refractivity contribution in [2.75, 3.05) is 0 Å². The fourth-order valence-electron chi connectivity index (χ4n) is 1.57. The Hall–Kier alpha value is -0.780. The molecule has 2 aromatic rings. The first kappa shape index (κ1) is 12.7. The lowest BCUT2D eigenvalue weighted by Crippen LogP contribution is -2.13. The van der Waals surface area contributed by atoms with Crippen LogP contribution in [0.25, 0.3) is 0 Å². The quantitative estimate of drug-likeness (QED) is 0.884. The van der Waals surface area contributed by atoms with Gasteiger partial charge in [0.05, 0.1) is 9.83 Å². The van der Waals surface area contributed by atoms with E-state index in [1.807, 2.05) is 11.4 Å². The van der Waals surface area contributed by atoms with Crippen molar-refractivity contribution in [3.8, 4) is 0 Å². The largest absolute Gasteiger partial charge is 0.320 e. The number of aryl methyl sites for hydroxylation is 1. The van der Waals surface area contributed by atoms with Gasteiger partial charge in [-0.1, -0.05) is 0 Å². The maximum atomic E-state index is 13.7. The van der Waals surface area contributed by atoms with Crippen molar-refractivity contribution in [2.24, 2.45) is 5.73 Å². The van der Waals surface area contributed by atoms with Crippen LogP contribution in [-0.2, 0) is 0 Å². The SMILES string of the molecule is Cc1cc(F)c(C(N)c2csc(Br)c2)cc1F. The molecule has 1 atom stereocenters. The van der Waals surface area contributed by atoms with Gasteiger partial charge < -0.3 is 5.73 Å². The summed E-state index contributed by atoms with van der Waals surface area (Å²) in [6, 6.07) is 3.51. The lowest BCUT2D eigenvalue weighted by molar-refractivity contribution is 0.571. The second kappa shape index (κ2) is 4.84. The Balaban J connectivity index is 2.43. The summed E-state index contributed by atoms with van der Waals surface area (Å²) < 4.78 is 28.0. The highest BCUT2D eigenvalue weighted by Gasteiger charge is 2.17. The van der Waals surface area contributed by atoms with Gasteiger partial charge in [0.25, 0.3) is 0 Å². The molecule has 0 aliphatic rings. The molecule has 17 heavy (non-hydrogen) atoms. The van der Waals surface area contributed by atoms with Crippen LogP contribution in [0.3, 0.4) is 0 Å². The Morgan fingerprint density at radius 1 is 1.24 bits per heavy atom. The predicted molar refractivity (Wildman–Crippen MR) is 69.1 cm³/mol.